The molecular formula is C23H32N2O. The van der Waals surface area contributed by atoms with Crippen LogP contribution in [0.4, 0.5) is 0 Å². The van der Waals surface area contributed by atoms with Crippen molar-refractivity contribution < 1.29 is 4.79 Å². The van der Waals surface area contributed by atoms with E-state index in [1.165, 1.54) is 44.2 Å². The second kappa shape index (κ2) is 5.81. The molecule has 0 amide bonds. The third-order valence-electron chi connectivity index (χ3n) is 9.03. The summed E-state index contributed by atoms with van der Waals surface area (Å²) in [7, 11) is 0. The Labute approximate surface area is 157 Å². The quantitative estimate of drug-likeness (QED) is 0.684. The maximum absolute atomic E-state index is 12.2. The molecule has 3 heteroatoms. The zero-order valence-corrected chi connectivity index (χ0v) is 16.3. The van der Waals surface area contributed by atoms with E-state index in [1.807, 2.05) is 12.5 Å². The van der Waals surface area contributed by atoms with Gasteiger partial charge >= 0.3 is 0 Å². The maximum atomic E-state index is 12.2. The predicted octanol–water partition coefficient (Wildman–Crippen LogP) is 5.34. The lowest BCUT2D eigenvalue weighted by atomic mass is 9.46. The molecule has 0 saturated heterocycles. The molecule has 3 fully saturated rings. The average molecular weight is 353 g/mol. The number of carbonyl (C=O) groups excluding carboxylic acids is 1. The van der Waals surface area contributed by atoms with Crippen LogP contribution in [-0.4, -0.2) is 15.3 Å². The highest BCUT2D eigenvalue weighted by molar-refractivity contribution is 5.79. The number of rotatable bonds is 1. The van der Waals surface area contributed by atoms with Gasteiger partial charge in [0.15, 0.2) is 0 Å². The van der Waals surface area contributed by atoms with Crippen molar-refractivity contribution in [3.05, 3.63) is 24.8 Å². The van der Waals surface area contributed by atoms with Gasteiger partial charge in [-0.1, -0.05) is 19.9 Å². The first-order valence-corrected chi connectivity index (χ1v) is 10.7. The molecule has 1 aromatic rings. The lowest BCUT2D eigenvalue weighted by Crippen LogP contribution is -2.51. The monoisotopic (exact) mass is 352 g/mol. The van der Waals surface area contributed by atoms with Crippen LogP contribution in [0.25, 0.3) is 5.70 Å². The highest BCUT2D eigenvalue weighted by Crippen LogP contribution is 2.66. The van der Waals surface area contributed by atoms with E-state index in [-0.39, 0.29) is 0 Å². The summed E-state index contributed by atoms with van der Waals surface area (Å²) < 4.78 is 2.26. The summed E-state index contributed by atoms with van der Waals surface area (Å²) in [4.78, 5) is 16.5. The molecule has 5 rings (SSSR count). The van der Waals surface area contributed by atoms with Crippen LogP contribution in [0.1, 0.15) is 71.6 Å². The summed E-state index contributed by atoms with van der Waals surface area (Å²) in [5, 5.41) is 0. The standard InChI is InChI=1S/C23H32N2O/c1-22-10-3-4-17(26)14-16(22)5-6-18-19-7-8-21(25-13-12-24-15-25)23(19,2)11-9-20(18)22/h8,12-13,15-16,18-20H,3-7,9-11,14H2,1-2H3/t16-,18-,19-,20?,22-,23-/m0/s1. The number of imidazole rings is 1. The number of hydrogen-bond donors (Lipinski definition) is 0. The van der Waals surface area contributed by atoms with Crippen LogP contribution < -0.4 is 0 Å². The van der Waals surface area contributed by atoms with Crippen LogP contribution in [-0.2, 0) is 4.79 Å². The van der Waals surface area contributed by atoms with E-state index in [1.54, 1.807) is 0 Å². The summed E-state index contributed by atoms with van der Waals surface area (Å²) in [6.45, 7) is 5.06. The fourth-order valence-electron chi connectivity index (χ4n) is 7.65. The van der Waals surface area contributed by atoms with Crippen LogP contribution in [0.2, 0.25) is 0 Å². The molecule has 0 spiro atoms. The molecule has 1 aromatic heterocycles. The van der Waals surface area contributed by atoms with Crippen molar-refractivity contribution in [2.45, 2.75) is 71.6 Å². The Morgan fingerprint density at radius 2 is 2.04 bits per heavy atom. The van der Waals surface area contributed by atoms with Crippen molar-refractivity contribution in [3.63, 3.8) is 0 Å². The van der Waals surface area contributed by atoms with Crippen molar-refractivity contribution in [3.8, 4) is 0 Å². The van der Waals surface area contributed by atoms with E-state index in [9.17, 15) is 4.79 Å². The zero-order chi connectivity index (χ0) is 17.9. The van der Waals surface area contributed by atoms with E-state index in [4.69, 9.17) is 0 Å². The second-order valence-electron chi connectivity index (χ2n) is 10.0. The topological polar surface area (TPSA) is 34.9 Å². The van der Waals surface area contributed by atoms with Crippen LogP contribution in [0.5, 0.6) is 0 Å². The van der Waals surface area contributed by atoms with E-state index in [2.05, 4.69) is 35.7 Å². The molecule has 140 valence electrons. The van der Waals surface area contributed by atoms with Crippen molar-refractivity contribution in [2.24, 2.45) is 34.5 Å². The average Bonchev–Trinajstić information content (AvgIpc) is 3.20. The van der Waals surface area contributed by atoms with E-state index < -0.39 is 0 Å². The van der Waals surface area contributed by atoms with Crippen LogP contribution in [0.15, 0.2) is 24.8 Å². The van der Waals surface area contributed by atoms with Crippen molar-refractivity contribution in [2.75, 3.05) is 0 Å². The Morgan fingerprint density at radius 1 is 1.15 bits per heavy atom. The van der Waals surface area contributed by atoms with Crippen molar-refractivity contribution >= 4 is 11.5 Å². The molecule has 4 aliphatic rings. The summed E-state index contributed by atoms with van der Waals surface area (Å²) in [5.74, 6) is 3.60. The minimum atomic E-state index is 0.297. The molecule has 0 aromatic carbocycles. The summed E-state index contributed by atoms with van der Waals surface area (Å²) >= 11 is 0. The Kier molecular flexibility index (Phi) is 3.75. The molecule has 0 aliphatic heterocycles. The molecule has 1 heterocycles. The van der Waals surface area contributed by atoms with Crippen LogP contribution in [0.3, 0.4) is 0 Å². The lowest BCUT2D eigenvalue weighted by molar-refractivity contribution is -0.122. The van der Waals surface area contributed by atoms with Gasteiger partial charge in [0.2, 0.25) is 0 Å². The number of fused-ring (bicyclic) bond motifs is 5. The highest BCUT2D eigenvalue weighted by Gasteiger charge is 2.58. The van der Waals surface area contributed by atoms with Gasteiger partial charge in [-0.3, -0.25) is 4.79 Å². The normalized spacial score (nSPS) is 45.3. The first-order valence-electron chi connectivity index (χ1n) is 10.7. The minimum Gasteiger partial charge on any atom is -0.310 e. The van der Waals surface area contributed by atoms with Crippen LogP contribution >= 0.6 is 0 Å². The second-order valence-corrected chi connectivity index (χ2v) is 10.0. The number of hydrogen-bond acceptors (Lipinski definition) is 2. The Balaban J connectivity index is 1.45. The Hall–Kier alpha value is -1.38. The molecule has 0 N–H and O–H groups in total. The molecule has 0 bridgehead atoms. The smallest absolute Gasteiger partial charge is 0.133 e. The Bertz CT molecular complexity index is 735. The lowest BCUT2D eigenvalue weighted by Gasteiger charge is -2.58. The first-order chi connectivity index (χ1) is 12.5. The summed E-state index contributed by atoms with van der Waals surface area (Å²) in [6, 6.07) is 0. The SMILES string of the molecule is C[C@]12CCC3[C@@H](CC[C@H]4CC(=O)CCC[C@]34C)[C@@H]1CC=C2n1ccnc1. The highest BCUT2D eigenvalue weighted by atomic mass is 16.1. The third kappa shape index (κ3) is 2.25. The predicted molar refractivity (Wildman–Crippen MR) is 103 cm³/mol. The van der Waals surface area contributed by atoms with Crippen LogP contribution in [0, 0.1) is 34.5 Å². The fraction of sp³-hybridized carbons (Fsp3) is 0.739. The number of nitrogens with zero attached hydrogens (tertiary/aromatic N) is 2. The van der Waals surface area contributed by atoms with Gasteiger partial charge < -0.3 is 4.57 Å². The van der Waals surface area contributed by atoms with Gasteiger partial charge in [0, 0.05) is 36.3 Å². The number of ketones is 1. The van der Waals surface area contributed by atoms with Gasteiger partial charge in [-0.15, -0.1) is 0 Å². The summed E-state index contributed by atoms with van der Waals surface area (Å²) in [6.07, 6.45) is 19.0. The molecule has 4 aliphatic carbocycles. The van der Waals surface area contributed by atoms with E-state index >= 15 is 0 Å². The van der Waals surface area contributed by atoms with Gasteiger partial charge in [0.25, 0.3) is 0 Å². The number of carbonyl (C=O) groups is 1. The van der Waals surface area contributed by atoms with Gasteiger partial charge in [0.1, 0.15) is 5.78 Å². The fourth-order valence-corrected chi connectivity index (χ4v) is 7.65. The number of allylic oxidation sites excluding steroid dienone is 2. The van der Waals surface area contributed by atoms with E-state index in [0.29, 0.717) is 22.5 Å². The zero-order valence-electron chi connectivity index (χ0n) is 16.3. The summed E-state index contributed by atoms with van der Waals surface area (Å²) in [5.41, 5.74) is 2.18. The number of aromatic nitrogens is 2. The van der Waals surface area contributed by atoms with Crippen molar-refractivity contribution in [1.82, 2.24) is 9.55 Å². The Morgan fingerprint density at radius 3 is 2.85 bits per heavy atom. The molecule has 1 unspecified atom stereocenters. The molecule has 3 nitrogen and oxygen atoms in total. The van der Waals surface area contributed by atoms with Gasteiger partial charge in [-0.2, -0.15) is 0 Å². The molecule has 26 heavy (non-hydrogen) atoms. The number of Topliss-reactive ketones (excluding diaryl/α,β-unsaturated/α-hetero) is 1. The molecule has 0 radical (unpaired) electrons. The minimum absolute atomic E-state index is 0.297. The van der Waals surface area contributed by atoms with E-state index in [0.717, 1.165) is 37.0 Å². The first kappa shape index (κ1) is 16.8. The molecule has 6 atom stereocenters. The van der Waals surface area contributed by atoms with Gasteiger partial charge in [0.05, 0.1) is 6.33 Å². The van der Waals surface area contributed by atoms with Crippen molar-refractivity contribution in [1.29, 1.82) is 0 Å². The third-order valence-corrected chi connectivity index (χ3v) is 9.03. The van der Waals surface area contributed by atoms with Gasteiger partial charge in [-0.25, -0.2) is 4.98 Å². The largest absolute Gasteiger partial charge is 0.310 e. The molecular weight excluding hydrogens is 320 g/mol. The molecule has 3 saturated carbocycles. The maximum Gasteiger partial charge on any atom is 0.133 e. The van der Waals surface area contributed by atoms with Gasteiger partial charge in [-0.05, 0) is 74.0 Å².